The maximum absolute atomic E-state index is 12.4. The number of nitrogens with one attached hydrogen (secondary N) is 1. The molecule has 3 N–H and O–H groups in total. The summed E-state index contributed by atoms with van der Waals surface area (Å²) in [5.41, 5.74) is 0. The molecule has 0 rings (SSSR count). The molecule has 0 saturated carbocycles. The number of rotatable bonds is 53. The van der Waals surface area contributed by atoms with Gasteiger partial charge in [-0.05, 0) is 57.8 Å². The Morgan fingerprint density at radius 2 is 0.734 bits per heavy atom. The maximum Gasteiger partial charge on any atom is 0.305 e. The summed E-state index contributed by atoms with van der Waals surface area (Å²) in [6.07, 6.45) is 64.9. The van der Waals surface area contributed by atoms with Crippen molar-refractivity contribution in [2.24, 2.45) is 0 Å². The number of aliphatic hydroxyl groups excluding tert-OH is 2. The van der Waals surface area contributed by atoms with Gasteiger partial charge in [0, 0.05) is 12.8 Å². The summed E-state index contributed by atoms with van der Waals surface area (Å²) in [6, 6.07) is -0.632. The Labute approximate surface area is 399 Å². The summed E-state index contributed by atoms with van der Waals surface area (Å²) in [5, 5.41) is 23.0. The van der Waals surface area contributed by atoms with Crippen LogP contribution in [0.3, 0.4) is 0 Å². The summed E-state index contributed by atoms with van der Waals surface area (Å²) in [7, 11) is 0. The molecule has 0 radical (unpaired) electrons. The summed E-state index contributed by atoms with van der Waals surface area (Å²) in [4.78, 5) is 24.5. The van der Waals surface area contributed by atoms with Gasteiger partial charge in [-0.2, -0.15) is 0 Å². The van der Waals surface area contributed by atoms with Crippen LogP contribution in [0.2, 0.25) is 0 Å². The van der Waals surface area contributed by atoms with E-state index in [0.717, 1.165) is 44.9 Å². The summed E-state index contributed by atoms with van der Waals surface area (Å²) in [6.45, 7) is 4.89. The van der Waals surface area contributed by atoms with E-state index in [1.54, 1.807) is 6.08 Å². The van der Waals surface area contributed by atoms with Gasteiger partial charge in [0.25, 0.3) is 0 Å². The lowest BCUT2D eigenvalue weighted by Gasteiger charge is -2.20. The van der Waals surface area contributed by atoms with Crippen LogP contribution in [-0.2, 0) is 14.3 Å². The summed E-state index contributed by atoms with van der Waals surface area (Å²) >= 11 is 0. The lowest BCUT2D eigenvalue weighted by Crippen LogP contribution is -2.45. The van der Waals surface area contributed by atoms with Crippen LogP contribution in [-0.4, -0.2) is 47.4 Å². The van der Waals surface area contributed by atoms with Crippen molar-refractivity contribution in [3.8, 4) is 0 Å². The Hall–Kier alpha value is -1.66. The normalized spacial score (nSPS) is 12.8. The fraction of sp³-hybridized carbons (Fsp3) is 0.897. The van der Waals surface area contributed by atoms with E-state index in [0.29, 0.717) is 19.4 Å². The van der Waals surface area contributed by atoms with E-state index in [1.165, 1.54) is 238 Å². The van der Waals surface area contributed by atoms with Crippen LogP contribution in [0.25, 0.3) is 0 Å². The number of carbonyl (C=O) groups is 2. The van der Waals surface area contributed by atoms with Gasteiger partial charge in [-0.3, -0.25) is 9.59 Å². The van der Waals surface area contributed by atoms with Gasteiger partial charge >= 0.3 is 5.97 Å². The third-order valence-corrected chi connectivity index (χ3v) is 13.2. The molecule has 2 unspecified atom stereocenters. The smallest absolute Gasteiger partial charge is 0.305 e. The molecule has 0 aliphatic carbocycles. The van der Waals surface area contributed by atoms with Crippen molar-refractivity contribution in [2.75, 3.05) is 13.2 Å². The quantitative estimate of drug-likeness (QED) is 0.0321. The highest BCUT2D eigenvalue weighted by molar-refractivity contribution is 5.76. The van der Waals surface area contributed by atoms with Gasteiger partial charge in [0.15, 0.2) is 0 Å². The Morgan fingerprint density at radius 1 is 0.422 bits per heavy atom. The predicted molar refractivity (Wildman–Crippen MR) is 278 cm³/mol. The van der Waals surface area contributed by atoms with Gasteiger partial charge in [0.2, 0.25) is 5.91 Å². The highest BCUT2D eigenvalue weighted by Crippen LogP contribution is 2.16. The van der Waals surface area contributed by atoms with Crippen molar-refractivity contribution in [1.82, 2.24) is 5.32 Å². The second-order valence-corrected chi connectivity index (χ2v) is 19.6. The molecule has 0 aromatic rings. The lowest BCUT2D eigenvalue weighted by molar-refractivity contribution is -0.143. The van der Waals surface area contributed by atoms with Gasteiger partial charge in [0.1, 0.15) is 0 Å². The van der Waals surface area contributed by atoms with E-state index >= 15 is 0 Å². The summed E-state index contributed by atoms with van der Waals surface area (Å²) in [5.74, 6) is -0.0686. The van der Waals surface area contributed by atoms with E-state index in [-0.39, 0.29) is 18.5 Å². The molecule has 0 aromatic carbocycles. The number of hydrogen-bond donors (Lipinski definition) is 3. The standard InChI is InChI=1S/C58H111NO5/c1-3-5-7-9-11-13-15-16-17-25-28-32-36-40-44-48-52-58(63)64-53-49-45-41-37-33-29-26-23-21-19-18-20-22-24-27-31-35-39-43-47-51-57(62)59-55(54-60)56(61)50-46-42-38-34-30-14-12-10-8-6-4-2/h18,20,46,50,55-56,60-61H,3-17,19,21-45,47-49,51-54H2,1-2H3,(H,59,62)/b20-18-,50-46+. The van der Waals surface area contributed by atoms with Crippen LogP contribution in [0.1, 0.15) is 309 Å². The monoisotopic (exact) mass is 902 g/mol. The first-order valence-corrected chi connectivity index (χ1v) is 28.6. The molecule has 0 bridgehead atoms. The van der Waals surface area contributed by atoms with Crippen LogP contribution in [0.4, 0.5) is 0 Å². The molecule has 0 saturated heterocycles. The number of aliphatic hydroxyl groups is 2. The molecular formula is C58H111NO5. The molecule has 2 atom stereocenters. The van der Waals surface area contributed by atoms with Crippen molar-refractivity contribution in [2.45, 2.75) is 321 Å². The highest BCUT2D eigenvalue weighted by atomic mass is 16.5. The number of allylic oxidation sites excluding steroid dienone is 3. The van der Waals surface area contributed by atoms with Gasteiger partial charge in [0.05, 0.1) is 25.4 Å². The predicted octanol–water partition coefficient (Wildman–Crippen LogP) is 17.5. The zero-order valence-corrected chi connectivity index (χ0v) is 43.0. The minimum Gasteiger partial charge on any atom is -0.466 e. The van der Waals surface area contributed by atoms with Gasteiger partial charge in [-0.1, -0.05) is 263 Å². The zero-order valence-electron chi connectivity index (χ0n) is 43.0. The second kappa shape index (κ2) is 54.0. The second-order valence-electron chi connectivity index (χ2n) is 19.6. The molecule has 0 fully saturated rings. The van der Waals surface area contributed by atoms with Crippen LogP contribution in [0, 0.1) is 0 Å². The Morgan fingerprint density at radius 3 is 1.11 bits per heavy atom. The molecule has 64 heavy (non-hydrogen) atoms. The number of ether oxygens (including phenoxy) is 1. The maximum atomic E-state index is 12.4. The molecule has 1 amide bonds. The first-order chi connectivity index (χ1) is 31.5. The first-order valence-electron chi connectivity index (χ1n) is 28.6. The average molecular weight is 903 g/mol. The Bertz CT molecular complexity index is 997. The average Bonchev–Trinajstić information content (AvgIpc) is 3.29. The Balaban J connectivity index is 3.42. The minimum absolute atomic E-state index is 0.00886. The van der Waals surface area contributed by atoms with Crippen LogP contribution < -0.4 is 5.32 Å². The fourth-order valence-corrected chi connectivity index (χ4v) is 8.81. The minimum atomic E-state index is -0.848. The molecular weight excluding hydrogens is 791 g/mol. The number of esters is 1. The van der Waals surface area contributed by atoms with Crippen molar-refractivity contribution in [3.63, 3.8) is 0 Å². The van der Waals surface area contributed by atoms with E-state index in [9.17, 15) is 19.8 Å². The van der Waals surface area contributed by atoms with Crippen molar-refractivity contribution >= 4 is 11.9 Å². The SMILES string of the molecule is CCCCCCCCCCC/C=C/C(O)C(CO)NC(=O)CCCCCCCCC/C=C\CCCCCCCCCCCOC(=O)CCCCCCCCCCCCCCCCCC. The molecule has 0 spiro atoms. The molecule has 0 aromatic heterocycles. The van der Waals surface area contributed by atoms with Gasteiger partial charge < -0.3 is 20.3 Å². The van der Waals surface area contributed by atoms with Crippen LogP contribution >= 0.6 is 0 Å². The first kappa shape index (κ1) is 62.3. The Kier molecular flexibility index (Phi) is 52.6. The van der Waals surface area contributed by atoms with E-state index in [2.05, 4.69) is 31.3 Å². The molecule has 6 heteroatoms. The summed E-state index contributed by atoms with van der Waals surface area (Å²) < 4.78 is 5.48. The lowest BCUT2D eigenvalue weighted by atomic mass is 10.0. The molecule has 6 nitrogen and oxygen atoms in total. The highest BCUT2D eigenvalue weighted by Gasteiger charge is 2.18. The van der Waals surface area contributed by atoms with E-state index in [4.69, 9.17) is 4.74 Å². The van der Waals surface area contributed by atoms with E-state index < -0.39 is 12.1 Å². The molecule has 378 valence electrons. The largest absolute Gasteiger partial charge is 0.466 e. The number of unbranched alkanes of at least 4 members (excludes halogenated alkanes) is 40. The molecule has 0 heterocycles. The topological polar surface area (TPSA) is 95.9 Å². The van der Waals surface area contributed by atoms with Crippen LogP contribution in [0.15, 0.2) is 24.3 Å². The number of hydrogen-bond acceptors (Lipinski definition) is 5. The van der Waals surface area contributed by atoms with Crippen molar-refractivity contribution < 1.29 is 24.5 Å². The molecule has 0 aliphatic rings. The van der Waals surface area contributed by atoms with Gasteiger partial charge in [-0.15, -0.1) is 0 Å². The van der Waals surface area contributed by atoms with E-state index in [1.807, 2.05) is 6.08 Å². The van der Waals surface area contributed by atoms with Crippen molar-refractivity contribution in [3.05, 3.63) is 24.3 Å². The third kappa shape index (κ3) is 49.8. The van der Waals surface area contributed by atoms with Crippen LogP contribution in [0.5, 0.6) is 0 Å². The van der Waals surface area contributed by atoms with Crippen molar-refractivity contribution in [1.29, 1.82) is 0 Å². The van der Waals surface area contributed by atoms with Gasteiger partial charge in [-0.25, -0.2) is 0 Å². The molecule has 0 aliphatic heterocycles. The number of amides is 1. The number of carbonyl (C=O) groups excluding carboxylic acids is 2. The fourth-order valence-electron chi connectivity index (χ4n) is 8.81. The third-order valence-electron chi connectivity index (χ3n) is 13.2. The zero-order chi connectivity index (χ0) is 46.5.